The number of rotatable bonds is 5. The van der Waals surface area contributed by atoms with Crippen LogP contribution in [0.4, 0.5) is 0 Å². The predicted octanol–water partition coefficient (Wildman–Crippen LogP) is 6.27. The molecule has 3 heteroatoms. The minimum Gasteiger partial charge on any atom is -0.279 e. The van der Waals surface area contributed by atoms with Gasteiger partial charge in [-0.15, -0.1) is 0 Å². The molecule has 0 saturated carbocycles. The van der Waals surface area contributed by atoms with Gasteiger partial charge in [0, 0.05) is 0 Å². The molecule has 0 unspecified atom stereocenters. The molecule has 0 spiro atoms. The van der Waals surface area contributed by atoms with E-state index in [4.69, 9.17) is 11.9 Å². The van der Waals surface area contributed by atoms with Gasteiger partial charge in [0.15, 0.2) is 0 Å². The number of allylic oxidation sites excluding steroid dienone is 8. The Bertz CT molecular complexity index is 439. The molecule has 2 aliphatic rings. The molecule has 0 aliphatic heterocycles. The van der Waals surface area contributed by atoms with E-state index in [1.807, 2.05) is 0 Å². The Morgan fingerprint density at radius 3 is 1.71 bits per heavy atom. The fourth-order valence-corrected chi connectivity index (χ4v) is 6.17. The van der Waals surface area contributed by atoms with Gasteiger partial charge in [-0.1, -0.05) is 13.3 Å². The maximum atomic E-state index is 4.88. The van der Waals surface area contributed by atoms with E-state index in [-0.39, 0.29) is 0 Å². The van der Waals surface area contributed by atoms with Gasteiger partial charge >= 0.3 is 105 Å². The third-order valence-electron chi connectivity index (χ3n) is 4.19. The van der Waals surface area contributed by atoms with Crippen LogP contribution in [0.5, 0.6) is 0 Å². The average Bonchev–Trinajstić information content (AvgIpc) is 2.96. The van der Waals surface area contributed by atoms with Gasteiger partial charge in [-0.05, 0) is 6.42 Å². The van der Waals surface area contributed by atoms with Crippen molar-refractivity contribution in [2.24, 2.45) is 0 Å². The first-order valence-electron chi connectivity index (χ1n) is 7.75. The molecule has 0 atom stereocenters. The summed E-state index contributed by atoms with van der Waals surface area (Å²) in [4.78, 5) is 0. The van der Waals surface area contributed by atoms with Crippen LogP contribution in [-0.2, 0) is 27.5 Å². The summed E-state index contributed by atoms with van der Waals surface area (Å²) >= 11 is 4.44. The molecule has 0 aromatic carbocycles. The molecule has 2 rings (SSSR count). The summed E-state index contributed by atoms with van der Waals surface area (Å²) in [5, 5.41) is 0. The van der Waals surface area contributed by atoms with Crippen molar-refractivity contribution in [1.29, 1.82) is 0 Å². The topological polar surface area (TPSA) is 9.23 Å². The summed E-state index contributed by atoms with van der Waals surface area (Å²) in [6, 6.07) is 0. The molecular weight excluding hydrogens is 359 g/mol. The van der Waals surface area contributed by atoms with E-state index < -0.39 is 23.2 Å². The van der Waals surface area contributed by atoms with Crippen molar-refractivity contribution in [1.82, 2.24) is 0 Å². The molecule has 0 aromatic heterocycles. The predicted molar refractivity (Wildman–Crippen MR) is 88.9 cm³/mol. The first-order chi connectivity index (χ1) is 10.0. The van der Waals surface area contributed by atoms with Crippen molar-refractivity contribution in [3.8, 4) is 0 Å². The van der Waals surface area contributed by atoms with Crippen LogP contribution in [0.3, 0.4) is 0 Å². The molecule has 0 aromatic rings. The van der Waals surface area contributed by atoms with Crippen LogP contribution < -0.4 is 0 Å². The van der Waals surface area contributed by atoms with Gasteiger partial charge < -0.3 is 0 Å². The quantitative estimate of drug-likeness (QED) is 0.506. The van der Waals surface area contributed by atoms with Crippen LogP contribution in [0.15, 0.2) is 41.0 Å². The van der Waals surface area contributed by atoms with E-state index in [0.717, 1.165) is 12.8 Å². The molecule has 1 nitrogen and oxygen atoms in total. The van der Waals surface area contributed by atoms with Gasteiger partial charge in [0.25, 0.3) is 0 Å². The molecule has 116 valence electrons. The summed E-state index contributed by atoms with van der Waals surface area (Å²) in [7, 11) is 0. The zero-order valence-electron chi connectivity index (χ0n) is 14.0. The first kappa shape index (κ1) is 19.1. The second-order valence-corrected chi connectivity index (χ2v) is 9.48. The van der Waals surface area contributed by atoms with Crippen LogP contribution in [0, 0.1) is 0 Å². The van der Waals surface area contributed by atoms with E-state index in [9.17, 15) is 0 Å². The maximum Gasteiger partial charge on any atom is 0.0682 e. The van der Waals surface area contributed by atoms with Crippen molar-refractivity contribution in [3.63, 3.8) is 0 Å². The van der Waals surface area contributed by atoms with Gasteiger partial charge in [-0.3, -0.25) is 4.29 Å². The van der Waals surface area contributed by atoms with E-state index in [0.29, 0.717) is 6.61 Å². The normalized spacial score (nSPS) is 17.6. The molecule has 0 radical (unpaired) electrons. The van der Waals surface area contributed by atoms with Crippen LogP contribution in [0.2, 0.25) is 0 Å². The molecule has 0 heterocycles. The molecule has 21 heavy (non-hydrogen) atoms. The van der Waals surface area contributed by atoms with Gasteiger partial charge in [-0.2, -0.15) is 0 Å². The SMILES string of the molecule is CC1=CC[C]([Zr][C]2=C(C)C(C)=CC2)=C1C.CCCCOCl. The summed E-state index contributed by atoms with van der Waals surface area (Å²) < 4.78 is 7.85. The van der Waals surface area contributed by atoms with Crippen LogP contribution in [0.1, 0.15) is 60.3 Å². The van der Waals surface area contributed by atoms with Gasteiger partial charge in [0.1, 0.15) is 0 Å². The fraction of sp³-hybridized carbons (Fsp3) is 0.556. The van der Waals surface area contributed by atoms with Gasteiger partial charge in [-0.25, -0.2) is 0 Å². The van der Waals surface area contributed by atoms with Crippen LogP contribution in [-0.4, -0.2) is 6.61 Å². The molecule has 0 N–H and O–H groups in total. The minimum atomic E-state index is -0.438. The van der Waals surface area contributed by atoms with Crippen molar-refractivity contribution in [2.45, 2.75) is 60.3 Å². The molecule has 0 bridgehead atoms. The number of hydrogen-bond acceptors (Lipinski definition) is 1. The zero-order chi connectivity index (χ0) is 15.8. The second-order valence-electron chi connectivity index (χ2n) is 5.68. The third-order valence-corrected chi connectivity index (χ3v) is 8.67. The van der Waals surface area contributed by atoms with E-state index in [1.54, 1.807) is 17.7 Å². The van der Waals surface area contributed by atoms with E-state index in [2.05, 4.69) is 51.1 Å². The third kappa shape index (κ3) is 6.01. The van der Waals surface area contributed by atoms with E-state index >= 15 is 0 Å². The van der Waals surface area contributed by atoms with Crippen molar-refractivity contribution in [2.75, 3.05) is 6.61 Å². The Kier molecular flexibility index (Phi) is 9.10. The van der Waals surface area contributed by atoms with Gasteiger partial charge in [0.05, 0.1) is 18.5 Å². The summed E-state index contributed by atoms with van der Waals surface area (Å²) in [5.74, 6) is 0. The average molecular weight is 386 g/mol. The Balaban J connectivity index is 0.000000315. The minimum absolute atomic E-state index is 0.438. The summed E-state index contributed by atoms with van der Waals surface area (Å²) in [6.07, 6.45) is 9.50. The Morgan fingerprint density at radius 1 is 1.00 bits per heavy atom. The fourth-order valence-electron chi connectivity index (χ4n) is 2.27. The Hall–Kier alpha value is 0.0931. The van der Waals surface area contributed by atoms with Crippen molar-refractivity contribution < 1.29 is 27.5 Å². The number of unbranched alkanes of at least 4 members (excludes halogenated alkanes) is 1. The first-order valence-corrected chi connectivity index (χ1v) is 10.5. The summed E-state index contributed by atoms with van der Waals surface area (Å²) in [5.41, 5.74) is 6.25. The monoisotopic (exact) mass is 384 g/mol. The zero-order valence-corrected chi connectivity index (χ0v) is 17.2. The van der Waals surface area contributed by atoms with Crippen LogP contribution >= 0.6 is 11.9 Å². The van der Waals surface area contributed by atoms with Crippen molar-refractivity contribution >= 4 is 11.9 Å². The number of halogens is 1. The molecule has 0 saturated heterocycles. The molecule has 2 aliphatic carbocycles. The maximum absolute atomic E-state index is 4.88. The molecule has 0 fully saturated rings. The Labute approximate surface area is 146 Å². The largest absolute Gasteiger partial charge is 0.279 e. The van der Waals surface area contributed by atoms with Crippen LogP contribution in [0.25, 0.3) is 0 Å². The molecule has 0 amide bonds. The number of hydrogen-bond donors (Lipinski definition) is 0. The Morgan fingerprint density at radius 2 is 1.48 bits per heavy atom. The van der Waals surface area contributed by atoms with E-state index in [1.165, 1.54) is 24.0 Å². The standard InChI is InChI=1S/2C7H9.C4H9ClO.Zr/c2*1-6-4-3-5-7(6)2;1-2-3-4-6-5;/h2*4H,3H2,1-2H3;2-4H2,1H3;. The smallest absolute Gasteiger partial charge is 0.0682 e. The summed E-state index contributed by atoms with van der Waals surface area (Å²) in [6.45, 7) is 11.9. The van der Waals surface area contributed by atoms with Gasteiger partial charge in [0.2, 0.25) is 0 Å². The second kappa shape index (κ2) is 9.98. The molecular formula is C18H27ClOZr. The van der Waals surface area contributed by atoms with Crippen molar-refractivity contribution in [3.05, 3.63) is 41.0 Å².